The van der Waals surface area contributed by atoms with Crippen LogP contribution in [0.5, 0.6) is 0 Å². The number of anilines is 1. The standard InChI is InChI=1S/C16H17F4N3/c1-23(2)10-12-4-3-11(7-14(12)17)8-21-15-6-5-13(9-22-15)16(18,19)20/h3-7,9H,8,10H2,1-2H3,(H,21,22). The number of benzene rings is 1. The van der Waals surface area contributed by atoms with Crippen molar-refractivity contribution in [2.45, 2.75) is 19.3 Å². The van der Waals surface area contributed by atoms with E-state index < -0.39 is 11.7 Å². The summed E-state index contributed by atoms with van der Waals surface area (Å²) in [6, 6.07) is 7.09. The van der Waals surface area contributed by atoms with Crippen LogP contribution in [0.2, 0.25) is 0 Å². The highest BCUT2D eigenvalue weighted by atomic mass is 19.4. The summed E-state index contributed by atoms with van der Waals surface area (Å²) in [7, 11) is 3.70. The van der Waals surface area contributed by atoms with Gasteiger partial charge in [0.25, 0.3) is 0 Å². The monoisotopic (exact) mass is 327 g/mol. The molecule has 0 saturated carbocycles. The first kappa shape index (κ1) is 17.2. The molecule has 7 heteroatoms. The summed E-state index contributed by atoms with van der Waals surface area (Å²) >= 11 is 0. The van der Waals surface area contributed by atoms with Gasteiger partial charge in [0.2, 0.25) is 0 Å². The van der Waals surface area contributed by atoms with Crippen molar-refractivity contribution in [2.75, 3.05) is 19.4 Å². The van der Waals surface area contributed by atoms with E-state index in [4.69, 9.17) is 0 Å². The molecule has 1 aromatic carbocycles. The highest BCUT2D eigenvalue weighted by Crippen LogP contribution is 2.28. The Labute approximate surface area is 132 Å². The third kappa shape index (κ3) is 4.92. The number of pyridine rings is 1. The molecule has 0 amide bonds. The van der Waals surface area contributed by atoms with Crippen molar-refractivity contribution in [1.29, 1.82) is 0 Å². The smallest absolute Gasteiger partial charge is 0.366 e. The maximum Gasteiger partial charge on any atom is 0.417 e. The van der Waals surface area contributed by atoms with Crippen LogP contribution in [0.15, 0.2) is 36.5 Å². The molecule has 0 saturated heterocycles. The molecule has 124 valence electrons. The number of alkyl halides is 3. The Hall–Kier alpha value is -2.15. The molecule has 0 radical (unpaired) electrons. The van der Waals surface area contributed by atoms with Crippen molar-refractivity contribution in [1.82, 2.24) is 9.88 Å². The summed E-state index contributed by atoms with van der Waals surface area (Å²) in [6.07, 6.45) is -3.64. The molecule has 0 unspecified atom stereocenters. The summed E-state index contributed by atoms with van der Waals surface area (Å²) in [4.78, 5) is 5.57. The van der Waals surface area contributed by atoms with Gasteiger partial charge in [-0.1, -0.05) is 12.1 Å². The number of nitrogens with one attached hydrogen (secondary N) is 1. The minimum absolute atomic E-state index is 0.275. The van der Waals surface area contributed by atoms with Crippen molar-refractivity contribution in [3.05, 3.63) is 59.0 Å². The topological polar surface area (TPSA) is 28.2 Å². The molecule has 0 spiro atoms. The van der Waals surface area contributed by atoms with Gasteiger partial charge < -0.3 is 10.2 Å². The first-order valence-corrected chi connectivity index (χ1v) is 6.95. The fourth-order valence-corrected chi connectivity index (χ4v) is 2.03. The molecular formula is C16H17F4N3. The first-order valence-electron chi connectivity index (χ1n) is 6.95. The molecule has 0 aliphatic carbocycles. The minimum atomic E-state index is -4.41. The van der Waals surface area contributed by atoms with Gasteiger partial charge in [0, 0.05) is 24.8 Å². The number of hydrogen-bond acceptors (Lipinski definition) is 3. The molecule has 0 fully saturated rings. The number of nitrogens with zero attached hydrogens (tertiary/aromatic N) is 2. The first-order chi connectivity index (χ1) is 10.8. The molecule has 0 aliphatic heterocycles. The Kier molecular flexibility index (Phi) is 5.20. The van der Waals surface area contributed by atoms with Crippen LogP contribution in [0.3, 0.4) is 0 Å². The number of rotatable bonds is 5. The van der Waals surface area contributed by atoms with Gasteiger partial charge in [-0.25, -0.2) is 9.37 Å². The molecule has 1 N–H and O–H groups in total. The summed E-state index contributed by atoms with van der Waals surface area (Å²) in [5.41, 5.74) is 0.472. The van der Waals surface area contributed by atoms with Gasteiger partial charge in [-0.3, -0.25) is 0 Å². The Morgan fingerprint density at radius 2 is 1.87 bits per heavy atom. The van der Waals surface area contributed by atoms with Crippen LogP contribution in [-0.2, 0) is 19.3 Å². The largest absolute Gasteiger partial charge is 0.417 e. The zero-order chi connectivity index (χ0) is 17.0. The van der Waals surface area contributed by atoms with Crippen LogP contribution >= 0.6 is 0 Å². The fraction of sp³-hybridized carbons (Fsp3) is 0.312. The molecule has 23 heavy (non-hydrogen) atoms. The highest BCUT2D eigenvalue weighted by molar-refractivity contribution is 5.37. The van der Waals surface area contributed by atoms with E-state index in [2.05, 4.69) is 10.3 Å². The summed E-state index contributed by atoms with van der Waals surface area (Å²) in [6.45, 7) is 0.775. The van der Waals surface area contributed by atoms with Crippen molar-refractivity contribution >= 4 is 5.82 Å². The SMILES string of the molecule is CN(C)Cc1ccc(CNc2ccc(C(F)(F)F)cn2)cc1F. The molecular weight excluding hydrogens is 310 g/mol. The van der Waals surface area contributed by atoms with E-state index in [9.17, 15) is 17.6 Å². The van der Waals surface area contributed by atoms with Gasteiger partial charge in [-0.15, -0.1) is 0 Å². The maximum atomic E-state index is 13.9. The van der Waals surface area contributed by atoms with Gasteiger partial charge >= 0.3 is 6.18 Å². The molecule has 3 nitrogen and oxygen atoms in total. The average molecular weight is 327 g/mol. The summed E-state index contributed by atoms with van der Waals surface area (Å²) in [5.74, 6) is -0.00541. The number of aromatic nitrogens is 1. The molecule has 2 rings (SSSR count). The molecule has 0 atom stereocenters. The highest BCUT2D eigenvalue weighted by Gasteiger charge is 2.30. The van der Waals surface area contributed by atoms with Crippen LogP contribution in [-0.4, -0.2) is 24.0 Å². The van der Waals surface area contributed by atoms with E-state index >= 15 is 0 Å². The molecule has 0 bridgehead atoms. The lowest BCUT2D eigenvalue weighted by molar-refractivity contribution is -0.137. The van der Waals surface area contributed by atoms with E-state index in [0.717, 1.165) is 12.3 Å². The Bertz CT molecular complexity index is 651. The zero-order valence-corrected chi connectivity index (χ0v) is 12.8. The van der Waals surface area contributed by atoms with Crippen LogP contribution in [0, 0.1) is 5.82 Å². The van der Waals surface area contributed by atoms with Crippen molar-refractivity contribution < 1.29 is 17.6 Å². The van der Waals surface area contributed by atoms with Crippen molar-refractivity contribution in [2.24, 2.45) is 0 Å². The number of hydrogen-bond donors (Lipinski definition) is 1. The van der Waals surface area contributed by atoms with E-state index in [-0.39, 0.29) is 12.4 Å². The quantitative estimate of drug-likeness (QED) is 0.844. The lowest BCUT2D eigenvalue weighted by atomic mass is 10.1. The van der Waals surface area contributed by atoms with Crippen LogP contribution in [0.25, 0.3) is 0 Å². The molecule has 2 aromatic rings. The second-order valence-corrected chi connectivity index (χ2v) is 5.45. The zero-order valence-electron chi connectivity index (χ0n) is 12.8. The lowest BCUT2D eigenvalue weighted by Crippen LogP contribution is -2.12. The van der Waals surface area contributed by atoms with E-state index in [1.54, 1.807) is 12.1 Å². The predicted molar refractivity (Wildman–Crippen MR) is 80.4 cm³/mol. The van der Waals surface area contributed by atoms with Gasteiger partial charge in [-0.2, -0.15) is 13.2 Å². The second kappa shape index (κ2) is 6.95. The van der Waals surface area contributed by atoms with Gasteiger partial charge in [0.1, 0.15) is 11.6 Å². The van der Waals surface area contributed by atoms with Crippen LogP contribution in [0.1, 0.15) is 16.7 Å². The predicted octanol–water partition coefficient (Wildman–Crippen LogP) is 3.91. The van der Waals surface area contributed by atoms with E-state index in [1.165, 1.54) is 12.1 Å². The Morgan fingerprint density at radius 3 is 2.39 bits per heavy atom. The maximum absolute atomic E-state index is 13.9. The van der Waals surface area contributed by atoms with Crippen molar-refractivity contribution in [3.63, 3.8) is 0 Å². The Morgan fingerprint density at radius 1 is 1.13 bits per heavy atom. The second-order valence-electron chi connectivity index (χ2n) is 5.45. The van der Waals surface area contributed by atoms with Crippen molar-refractivity contribution in [3.8, 4) is 0 Å². The van der Waals surface area contributed by atoms with Gasteiger partial charge in [0.15, 0.2) is 0 Å². The minimum Gasteiger partial charge on any atom is -0.366 e. The van der Waals surface area contributed by atoms with Crippen LogP contribution in [0.4, 0.5) is 23.4 Å². The lowest BCUT2D eigenvalue weighted by Gasteiger charge is -2.12. The van der Waals surface area contributed by atoms with E-state index in [1.807, 2.05) is 19.0 Å². The molecule has 1 aromatic heterocycles. The van der Waals surface area contributed by atoms with Crippen LogP contribution < -0.4 is 5.32 Å². The summed E-state index contributed by atoms with van der Waals surface area (Å²) < 4.78 is 51.2. The molecule has 0 aliphatic rings. The van der Waals surface area contributed by atoms with E-state index in [0.29, 0.717) is 23.5 Å². The van der Waals surface area contributed by atoms with Gasteiger partial charge in [-0.05, 0) is 37.9 Å². The molecule has 1 heterocycles. The normalized spacial score (nSPS) is 11.8. The third-order valence-corrected chi connectivity index (χ3v) is 3.17. The average Bonchev–Trinajstić information content (AvgIpc) is 2.47. The van der Waals surface area contributed by atoms with Gasteiger partial charge in [0.05, 0.1) is 5.56 Å². The fourth-order valence-electron chi connectivity index (χ4n) is 2.03. The summed E-state index contributed by atoms with van der Waals surface area (Å²) in [5, 5.41) is 2.87. The Balaban J connectivity index is 1.99. The third-order valence-electron chi connectivity index (χ3n) is 3.17. The number of halogens is 4.